The van der Waals surface area contributed by atoms with Crippen molar-refractivity contribution in [3.05, 3.63) is 82.7 Å². The largest absolute Gasteiger partial charge is 0.493 e. The fourth-order valence-electron chi connectivity index (χ4n) is 5.38. The number of nitrogens with zero attached hydrogens (tertiary/aromatic N) is 5. The van der Waals surface area contributed by atoms with Crippen molar-refractivity contribution < 1.29 is 18.9 Å². The molecule has 6 rings (SSSR count). The monoisotopic (exact) mass is 528 g/mol. The van der Waals surface area contributed by atoms with Gasteiger partial charge < -0.3 is 23.5 Å². The van der Waals surface area contributed by atoms with E-state index in [1.54, 1.807) is 20.5 Å². The molecule has 202 valence electrons. The number of hydrogen-bond acceptors (Lipinski definition) is 8. The minimum atomic E-state index is -0.336. The SMILES string of the molecule is COc1ccc(C2c3c(C)nn(-c4ccccc4)c3Oc3ncn(CCN4CCOCC4)c(=N)c32)cc1OC. The number of aromatic nitrogens is 4. The van der Waals surface area contributed by atoms with E-state index in [4.69, 9.17) is 29.0 Å². The molecule has 4 aromatic rings. The summed E-state index contributed by atoms with van der Waals surface area (Å²) in [7, 11) is 3.25. The van der Waals surface area contributed by atoms with E-state index in [1.807, 2.05) is 64.7 Å². The number of para-hydroxylation sites is 1. The summed E-state index contributed by atoms with van der Waals surface area (Å²) in [6.45, 7) is 6.71. The first-order valence-corrected chi connectivity index (χ1v) is 13.1. The van der Waals surface area contributed by atoms with E-state index in [9.17, 15) is 5.41 Å². The highest BCUT2D eigenvalue weighted by Crippen LogP contribution is 2.48. The molecule has 0 radical (unpaired) electrons. The summed E-state index contributed by atoms with van der Waals surface area (Å²) in [5, 5.41) is 14.2. The number of rotatable bonds is 7. The number of nitrogens with one attached hydrogen (secondary N) is 1. The van der Waals surface area contributed by atoms with Gasteiger partial charge in [0.1, 0.15) is 11.8 Å². The summed E-state index contributed by atoms with van der Waals surface area (Å²) in [6, 6.07) is 15.8. The smallest absolute Gasteiger partial charge is 0.230 e. The fourth-order valence-corrected chi connectivity index (χ4v) is 5.38. The second-order valence-electron chi connectivity index (χ2n) is 9.66. The molecule has 1 unspecified atom stereocenters. The Bertz CT molecular complexity index is 1540. The molecule has 0 saturated carbocycles. The van der Waals surface area contributed by atoms with Crippen molar-refractivity contribution in [1.82, 2.24) is 24.2 Å². The molecule has 0 spiro atoms. The van der Waals surface area contributed by atoms with Crippen molar-refractivity contribution in [2.75, 3.05) is 47.1 Å². The van der Waals surface area contributed by atoms with Crippen molar-refractivity contribution in [3.63, 3.8) is 0 Å². The van der Waals surface area contributed by atoms with E-state index in [-0.39, 0.29) is 5.92 Å². The van der Waals surface area contributed by atoms with Gasteiger partial charge in [-0.1, -0.05) is 24.3 Å². The standard InChI is InChI=1S/C29H32N6O4/c1-19-24-25(20-9-10-22(36-2)23(17-20)37-3)26-27(30)34(12-11-33-13-15-38-16-14-33)18-31-28(26)39-29(24)35(32-19)21-7-5-4-6-8-21/h4-10,17-18,25,30H,11-16H2,1-3H3. The van der Waals surface area contributed by atoms with E-state index in [2.05, 4.69) is 4.90 Å². The third kappa shape index (κ3) is 4.55. The van der Waals surface area contributed by atoms with Crippen LogP contribution in [0.15, 0.2) is 54.9 Å². The van der Waals surface area contributed by atoms with Crippen LogP contribution in [-0.4, -0.2) is 71.3 Å². The molecule has 0 amide bonds. The van der Waals surface area contributed by atoms with Gasteiger partial charge in [0, 0.05) is 26.2 Å². The van der Waals surface area contributed by atoms with E-state index >= 15 is 0 Å². The lowest BCUT2D eigenvalue weighted by Gasteiger charge is -2.29. The minimum absolute atomic E-state index is 0.336. The first kappa shape index (κ1) is 25.1. The molecule has 1 atom stereocenters. The number of ether oxygens (including phenoxy) is 4. The van der Waals surface area contributed by atoms with Gasteiger partial charge in [-0.05, 0) is 36.8 Å². The Kier molecular flexibility index (Phi) is 6.80. The molecule has 39 heavy (non-hydrogen) atoms. The third-order valence-electron chi connectivity index (χ3n) is 7.42. The summed E-state index contributed by atoms with van der Waals surface area (Å²) in [5.41, 5.74) is 4.62. The van der Waals surface area contributed by atoms with Gasteiger partial charge in [0.15, 0.2) is 11.5 Å². The maximum Gasteiger partial charge on any atom is 0.230 e. The predicted molar refractivity (Wildman–Crippen MR) is 144 cm³/mol. The van der Waals surface area contributed by atoms with Crippen LogP contribution in [0.1, 0.15) is 28.3 Å². The minimum Gasteiger partial charge on any atom is -0.493 e. The van der Waals surface area contributed by atoms with Crippen LogP contribution in [0.3, 0.4) is 0 Å². The molecule has 0 aliphatic carbocycles. The molecule has 0 bridgehead atoms. The first-order chi connectivity index (χ1) is 19.1. The van der Waals surface area contributed by atoms with Crippen LogP contribution in [0.4, 0.5) is 0 Å². The molecule has 10 heteroatoms. The molecule has 2 aliphatic rings. The van der Waals surface area contributed by atoms with E-state index in [0.717, 1.165) is 55.4 Å². The predicted octanol–water partition coefficient (Wildman–Crippen LogP) is 3.49. The summed E-state index contributed by atoms with van der Waals surface area (Å²) >= 11 is 0. The molecule has 2 aromatic heterocycles. The Labute approximate surface area is 226 Å². The number of aryl methyl sites for hydroxylation is 1. The van der Waals surface area contributed by atoms with Gasteiger partial charge in [-0.15, -0.1) is 0 Å². The van der Waals surface area contributed by atoms with Crippen LogP contribution in [0.2, 0.25) is 0 Å². The van der Waals surface area contributed by atoms with Crippen LogP contribution in [0, 0.1) is 12.3 Å². The van der Waals surface area contributed by atoms with E-state index < -0.39 is 0 Å². The van der Waals surface area contributed by atoms with Crippen molar-refractivity contribution >= 4 is 0 Å². The van der Waals surface area contributed by atoms with E-state index in [1.165, 1.54) is 0 Å². The van der Waals surface area contributed by atoms with Gasteiger partial charge in [0.05, 0.1) is 55.9 Å². The summed E-state index contributed by atoms with van der Waals surface area (Å²) < 4.78 is 26.8. The fraction of sp³-hybridized carbons (Fsp3) is 0.345. The third-order valence-corrected chi connectivity index (χ3v) is 7.42. The Balaban J connectivity index is 1.49. The van der Waals surface area contributed by atoms with Crippen LogP contribution in [0.25, 0.3) is 5.69 Å². The van der Waals surface area contributed by atoms with Gasteiger partial charge in [0.2, 0.25) is 11.8 Å². The Morgan fingerprint density at radius 1 is 0.974 bits per heavy atom. The number of benzene rings is 2. The average Bonchev–Trinajstić information content (AvgIpc) is 3.32. The highest BCUT2D eigenvalue weighted by atomic mass is 16.5. The number of methoxy groups -OCH3 is 2. The van der Waals surface area contributed by atoms with Crippen LogP contribution >= 0.6 is 0 Å². The summed E-state index contributed by atoms with van der Waals surface area (Å²) in [5.74, 6) is 1.93. The molecular formula is C29H32N6O4. The molecule has 10 nitrogen and oxygen atoms in total. The number of fused-ring (bicyclic) bond motifs is 2. The quantitative estimate of drug-likeness (QED) is 0.345. The lowest BCUT2D eigenvalue weighted by molar-refractivity contribution is 0.0362. The van der Waals surface area contributed by atoms with Gasteiger partial charge in [-0.2, -0.15) is 5.10 Å². The topological polar surface area (TPSA) is 99.7 Å². The molecule has 1 fully saturated rings. The lowest BCUT2D eigenvalue weighted by Crippen LogP contribution is -2.40. The second kappa shape index (κ2) is 10.5. The highest BCUT2D eigenvalue weighted by Gasteiger charge is 2.37. The lowest BCUT2D eigenvalue weighted by atomic mass is 9.84. The van der Waals surface area contributed by atoms with Crippen molar-refractivity contribution in [2.45, 2.75) is 19.4 Å². The zero-order chi connectivity index (χ0) is 26.9. The van der Waals surface area contributed by atoms with Crippen molar-refractivity contribution in [3.8, 4) is 28.9 Å². The average molecular weight is 529 g/mol. The zero-order valence-electron chi connectivity index (χ0n) is 22.4. The zero-order valence-corrected chi connectivity index (χ0v) is 22.4. The second-order valence-corrected chi connectivity index (χ2v) is 9.66. The highest BCUT2D eigenvalue weighted by molar-refractivity contribution is 5.59. The number of hydrogen-bond donors (Lipinski definition) is 1. The maximum absolute atomic E-state index is 9.30. The van der Waals surface area contributed by atoms with Gasteiger partial charge >= 0.3 is 0 Å². The number of morpholine rings is 1. The van der Waals surface area contributed by atoms with Crippen LogP contribution in [-0.2, 0) is 11.3 Å². The Hall–Kier alpha value is -4.15. The molecule has 2 aliphatic heterocycles. The molecule has 4 heterocycles. The van der Waals surface area contributed by atoms with Gasteiger partial charge in [-0.3, -0.25) is 10.3 Å². The normalized spacial score (nSPS) is 16.7. The van der Waals surface area contributed by atoms with Gasteiger partial charge in [-0.25, -0.2) is 9.67 Å². The van der Waals surface area contributed by atoms with Gasteiger partial charge in [0.25, 0.3) is 0 Å². The molecule has 1 N–H and O–H groups in total. The van der Waals surface area contributed by atoms with E-state index in [0.29, 0.717) is 40.9 Å². The Morgan fingerprint density at radius 2 is 1.74 bits per heavy atom. The molecule has 1 saturated heterocycles. The summed E-state index contributed by atoms with van der Waals surface area (Å²) in [6.07, 6.45) is 1.70. The van der Waals surface area contributed by atoms with Crippen LogP contribution in [0.5, 0.6) is 23.3 Å². The first-order valence-electron chi connectivity index (χ1n) is 13.1. The van der Waals surface area contributed by atoms with Crippen molar-refractivity contribution in [2.24, 2.45) is 0 Å². The van der Waals surface area contributed by atoms with Crippen LogP contribution < -0.4 is 19.7 Å². The van der Waals surface area contributed by atoms with Crippen molar-refractivity contribution in [1.29, 1.82) is 5.41 Å². The summed E-state index contributed by atoms with van der Waals surface area (Å²) in [4.78, 5) is 7.07. The Morgan fingerprint density at radius 3 is 2.49 bits per heavy atom. The maximum atomic E-state index is 9.30. The molecular weight excluding hydrogens is 496 g/mol. The molecule has 2 aromatic carbocycles.